The molecule has 0 radical (unpaired) electrons. The SMILES string of the molecule is c1ccc2c(c1)Oc1c(N3c4ccccc4Sc4ccccc43)cccc1C21c2cccnc2-c2ncccc21. The molecule has 188 valence electrons. The lowest BCUT2D eigenvalue weighted by Crippen LogP contribution is -2.33. The number of hydrogen-bond donors (Lipinski definition) is 0. The maximum atomic E-state index is 6.92. The van der Waals surface area contributed by atoms with Gasteiger partial charge in [-0.1, -0.05) is 78.5 Å². The predicted molar refractivity (Wildman–Crippen MR) is 158 cm³/mol. The Hall–Kier alpha value is -4.87. The fourth-order valence-corrected chi connectivity index (χ4v) is 7.76. The van der Waals surface area contributed by atoms with Crippen LogP contribution < -0.4 is 9.64 Å². The average Bonchev–Trinajstić information content (AvgIpc) is 3.31. The number of anilines is 3. The number of nitrogens with zero attached hydrogens (tertiary/aromatic N) is 3. The van der Waals surface area contributed by atoms with Gasteiger partial charge < -0.3 is 9.64 Å². The van der Waals surface area contributed by atoms with Crippen molar-refractivity contribution in [2.45, 2.75) is 15.2 Å². The van der Waals surface area contributed by atoms with Gasteiger partial charge in [0.2, 0.25) is 0 Å². The molecule has 2 aromatic heterocycles. The van der Waals surface area contributed by atoms with Gasteiger partial charge in [0.05, 0.1) is 33.9 Å². The van der Waals surface area contributed by atoms with Gasteiger partial charge in [-0.25, -0.2) is 0 Å². The smallest absolute Gasteiger partial charge is 0.156 e. The number of fused-ring (bicyclic) bond motifs is 11. The number of ether oxygens (including phenoxy) is 1. The second-order valence-electron chi connectivity index (χ2n) is 10.2. The summed E-state index contributed by atoms with van der Waals surface area (Å²) in [4.78, 5) is 14.5. The zero-order valence-corrected chi connectivity index (χ0v) is 22.1. The van der Waals surface area contributed by atoms with Crippen molar-refractivity contribution in [1.82, 2.24) is 9.97 Å². The fraction of sp³-hybridized carbons (Fsp3) is 0.0286. The van der Waals surface area contributed by atoms with Crippen LogP contribution >= 0.6 is 11.8 Å². The molecule has 0 unspecified atom stereocenters. The summed E-state index contributed by atoms with van der Waals surface area (Å²) >= 11 is 1.81. The first-order valence-electron chi connectivity index (χ1n) is 13.3. The maximum absolute atomic E-state index is 6.92. The van der Waals surface area contributed by atoms with E-state index in [-0.39, 0.29) is 0 Å². The van der Waals surface area contributed by atoms with Gasteiger partial charge in [-0.3, -0.25) is 9.97 Å². The van der Waals surface area contributed by atoms with Crippen molar-refractivity contribution in [2.24, 2.45) is 0 Å². The summed E-state index contributed by atoms with van der Waals surface area (Å²) in [5, 5.41) is 0. The summed E-state index contributed by atoms with van der Waals surface area (Å²) < 4.78 is 6.92. The molecule has 6 aromatic rings. The van der Waals surface area contributed by atoms with E-state index in [0.717, 1.165) is 62.2 Å². The lowest BCUT2D eigenvalue weighted by atomic mass is 9.66. The lowest BCUT2D eigenvalue weighted by Gasteiger charge is -2.41. The minimum Gasteiger partial charge on any atom is -0.454 e. The van der Waals surface area contributed by atoms with Crippen molar-refractivity contribution in [2.75, 3.05) is 4.90 Å². The van der Waals surface area contributed by atoms with Crippen molar-refractivity contribution >= 4 is 28.8 Å². The largest absolute Gasteiger partial charge is 0.454 e. The van der Waals surface area contributed by atoms with Crippen molar-refractivity contribution in [3.05, 3.63) is 150 Å². The molecular formula is C35H21N3OS. The Morgan fingerprint density at radius 2 is 1.07 bits per heavy atom. The van der Waals surface area contributed by atoms with E-state index in [1.54, 1.807) is 0 Å². The number of rotatable bonds is 1. The average molecular weight is 532 g/mol. The minimum atomic E-state index is -0.600. The molecule has 3 aliphatic rings. The molecule has 1 spiro atoms. The van der Waals surface area contributed by atoms with Gasteiger partial charge in [0.15, 0.2) is 5.75 Å². The first-order chi connectivity index (χ1) is 19.9. The van der Waals surface area contributed by atoms with E-state index in [1.165, 1.54) is 9.79 Å². The molecule has 4 aromatic carbocycles. The Bertz CT molecular complexity index is 1910. The van der Waals surface area contributed by atoms with Crippen LogP contribution in [0.15, 0.2) is 137 Å². The minimum absolute atomic E-state index is 0.600. The van der Waals surface area contributed by atoms with Gasteiger partial charge in [-0.05, 0) is 59.7 Å². The Morgan fingerprint density at radius 1 is 0.525 bits per heavy atom. The number of pyridine rings is 2. The molecule has 0 amide bonds. The fourth-order valence-electron chi connectivity index (χ4n) is 6.71. The molecule has 0 atom stereocenters. The third kappa shape index (κ3) is 2.72. The van der Waals surface area contributed by atoms with E-state index in [1.807, 2.05) is 42.4 Å². The molecule has 0 fully saturated rings. The zero-order chi connectivity index (χ0) is 26.3. The van der Waals surface area contributed by atoms with E-state index >= 15 is 0 Å². The van der Waals surface area contributed by atoms with Crippen LogP contribution in [0.1, 0.15) is 22.3 Å². The summed E-state index contributed by atoms with van der Waals surface area (Å²) in [5.41, 5.74) is 9.02. The van der Waals surface area contributed by atoms with Gasteiger partial charge in [0, 0.05) is 33.3 Å². The molecule has 0 N–H and O–H groups in total. The Kier molecular flexibility index (Phi) is 4.44. The summed E-state index contributed by atoms with van der Waals surface area (Å²) in [6, 6.07) is 40.6. The molecule has 1 aliphatic carbocycles. The quantitative estimate of drug-likeness (QED) is 0.211. The first-order valence-corrected chi connectivity index (χ1v) is 14.2. The van der Waals surface area contributed by atoms with E-state index in [0.29, 0.717) is 0 Å². The number of aromatic nitrogens is 2. The highest BCUT2D eigenvalue weighted by atomic mass is 32.2. The lowest BCUT2D eigenvalue weighted by molar-refractivity contribution is 0.437. The third-order valence-electron chi connectivity index (χ3n) is 8.22. The molecule has 0 bridgehead atoms. The van der Waals surface area contributed by atoms with Crippen LogP contribution in [0.3, 0.4) is 0 Å². The highest BCUT2D eigenvalue weighted by molar-refractivity contribution is 7.99. The van der Waals surface area contributed by atoms with Crippen LogP contribution in [-0.2, 0) is 5.41 Å². The van der Waals surface area contributed by atoms with Gasteiger partial charge in [0.1, 0.15) is 5.75 Å². The van der Waals surface area contributed by atoms with E-state index in [4.69, 9.17) is 14.7 Å². The molecule has 9 rings (SSSR count). The topological polar surface area (TPSA) is 38.2 Å². The molecular weight excluding hydrogens is 510 g/mol. The van der Waals surface area contributed by atoms with Gasteiger partial charge in [-0.15, -0.1) is 0 Å². The molecule has 4 nitrogen and oxygen atoms in total. The molecule has 2 aliphatic heterocycles. The second-order valence-corrected chi connectivity index (χ2v) is 11.3. The summed E-state index contributed by atoms with van der Waals surface area (Å²) in [6.45, 7) is 0. The number of para-hydroxylation sites is 4. The van der Waals surface area contributed by atoms with E-state index in [2.05, 4.69) is 102 Å². The van der Waals surface area contributed by atoms with Crippen LogP contribution in [0.4, 0.5) is 17.1 Å². The van der Waals surface area contributed by atoms with E-state index in [9.17, 15) is 0 Å². The Morgan fingerprint density at radius 3 is 1.77 bits per heavy atom. The molecule has 0 saturated heterocycles. The highest BCUT2D eigenvalue weighted by Crippen LogP contribution is 2.64. The summed E-state index contributed by atoms with van der Waals surface area (Å²) in [5.74, 6) is 1.70. The van der Waals surface area contributed by atoms with Crippen molar-refractivity contribution < 1.29 is 4.74 Å². The van der Waals surface area contributed by atoms with Crippen molar-refractivity contribution in [3.8, 4) is 22.9 Å². The zero-order valence-electron chi connectivity index (χ0n) is 21.3. The normalized spacial score (nSPS) is 14.8. The molecule has 40 heavy (non-hydrogen) atoms. The molecule has 4 heterocycles. The maximum Gasteiger partial charge on any atom is 0.156 e. The van der Waals surface area contributed by atoms with Gasteiger partial charge >= 0.3 is 0 Å². The molecule has 5 heteroatoms. The monoisotopic (exact) mass is 531 g/mol. The van der Waals surface area contributed by atoms with Gasteiger partial charge in [-0.2, -0.15) is 0 Å². The second kappa shape index (κ2) is 8.07. The van der Waals surface area contributed by atoms with E-state index < -0.39 is 5.41 Å². The van der Waals surface area contributed by atoms with Crippen molar-refractivity contribution in [3.63, 3.8) is 0 Å². The summed E-state index contributed by atoms with van der Waals surface area (Å²) in [6.07, 6.45) is 3.72. The van der Waals surface area contributed by atoms with Crippen LogP contribution in [0.2, 0.25) is 0 Å². The van der Waals surface area contributed by atoms with Crippen LogP contribution in [-0.4, -0.2) is 9.97 Å². The van der Waals surface area contributed by atoms with Gasteiger partial charge in [0.25, 0.3) is 0 Å². The standard InChI is InChI=1S/C35H21N3OS/c1-4-17-29-22(10-1)35(23-12-8-20-36-32(23)33-24(35)13-9-21-37-33)25-11-7-16-28(34(25)39-29)38-26-14-2-5-18-30(26)40-31-19-6-3-15-27(31)38/h1-21H. The number of benzene rings is 4. The third-order valence-corrected chi connectivity index (χ3v) is 9.35. The van der Waals surface area contributed by atoms with Crippen LogP contribution in [0, 0.1) is 0 Å². The Labute approximate surface area is 236 Å². The van der Waals surface area contributed by atoms with Crippen LogP contribution in [0.25, 0.3) is 11.4 Å². The number of hydrogen-bond acceptors (Lipinski definition) is 5. The highest BCUT2D eigenvalue weighted by Gasteiger charge is 2.53. The van der Waals surface area contributed by atoms with Crippen LogP contribution in [0.5, 0.6) is 11.5 Å². The first kappa shape index (κ1) is 22.0. The summed E-state index contributed by atoms with van der Waals surface area (Å²) in [7, 11) is 0. The Balaban J connectivity index is 1.40. The molecule has 0 saturated carbocycles. The van der Waals surface area contributed by atoms with Crippen molar-refractivity contribution in [1.29, 1.82) is 0 Å². The predicted octanol–water partition coefficient (Wildman–Crippen LogP) is 8.88.